The zero-order valence-corrected chi connectivity index (χ0v) is 9.93. The first-order valence-electron chi connectivity index (χ1n) is 5.72. The number of hydrogen-bond acceptors (Lipinski definition) is 4. The summed E-state index contributed by atoms with van der Waals surface area (Å²) in [5.41, 5.74) is 2.61. The molecule has 90 valence electrons. The number of hydrogen-bond donors (Lipinski definition) is 0. The van der Waals surface area contributed by atoms with E-state index in [1.165, 1.54) is 0 Å². The lowest BCUT2D eigenvalue weighted by Gasteiger charge is -2.05. The Balaban J connectivity index is 2.24. The summed E-state index contributed by atoms with van der Waals surface area (Å²) in [4.78, 5) is 4.07. The zero-order valence-electron chi connectivity index (χ0n) is 9.93. The summed E-state index contributed by atoms with van der Waals surface area (Å²) in [5, 5.41) is 17.1. The molecular formula is C14H9N5. The minimum Gasteiger partial charge on any atom is -0.264 e. The fraction of sp³-hybridized carbons (Fsp3) is 0. The summed E-state index contributed by atoms with van der Waals surface area (Å²) < 4.78 is 1.65. The number of nitriles is 1. The van der Waals surface area contributed by atoms with Crippen LogP contribution in [-0.2, 0) is 0 Å². The van der Waals surface area contributed by atoms with E-state index in [9.17, 15) is 0 Å². The second-order valence-corrected chi connectivity index (χ2v) is 3.89. The molecule has 0 atom stereocenters. The number of aromatic nitrogens is 4. The van der Waals surface area contributed by atoms with Crippen LogP contribution in [0.2, 0.25) is 0 Å². The number of pyridine rings is 1. The Morgan fingerprint density at radius 1 is 1.05 bits per heavy atom. The van der Waals surface area contributed by atoms with E-state index >= 15 is 0 Å². The van der Waals surface area contributed by atoms with Crippen molar-refractivity contribution in [1.82, 2.24) is 20.0 Å². The van der Waals surface area contributed by atoms with E-state index < -0.39 is 0 Å². The molecule has 0 fully saturated rings. The van der Waals surface area contributed by atoms with Crippen LogP contribution >= 0.6 is 0 Å². The van der Waals surface area contributed by atoms with E-state index in [0.29, 0.717) is 5.69 Å². The summed E-state index contributed by atoms with van der Waals surface area (Å²) in [7, 11) is 0. The fourth-order valence-electron chi connectivity index (χ4n) is 1.87. The van der Waals surface area contributed by atoms with Crippen molar-refractivity contribution in [2.45, 2.75) is 0 Å². The van der Waals surface area contributed by atoms with Gasteiger partial charge in [-0.05, 0) is 24.3 Å². The molecule has 19 heavy (non-hydrogen) atoms. The molecule has 5 heteroatoms. The largest absolute Gasteiger partial charge is 0.264 e. The van der Waals surface area contributed by atoms with E-state index in [2.05, 4.69) is 21.4 Å². The van der Waals surface area contributed by atoms with Gasteiger partial charge in [-0.2, -0.15) is 5.26 Å². The molecule has 1 aromatic carbocycles. The van der Waals surface area contributed by atoms with Crippen molar-refractivity contribution in [3.05, 3.63) is 60.6 Å². The van der Waals surface area contributed by atoms with Crippen molar-refractivity contribution in [1.29, 1.82) is 5.26 Å². The SMILES string of the molecule is N#Cc1nnn(-c2ccccc2)c1-c1cccnc1. The second-order valence-electron chi connectivity index (χ2n) is 3.89. The number of nitrogens with zero attached hydrogens (tertiary/aromatic N) is 5. The zero-order chi connectivity index (χ0) is 13.1. The van der Waals surface area contributed by atoms with E-state index in [0.717, 1.165) is 11.3 Å². The van der Waals surface area contributed by atoms with Crippen molar-refractivity contribution in [2.24, 2.45) is 0 Å². The summed E-state index contributed by atoms with van der Waals surface area (Å²) in [6, 6.07) is 15.3. The first-order valence-corrected chi connectivity index (χ1v) is 5.72. The van der Waals surface area contributed by atoms with Crippen LogP contribution in [0.5, 0.6) is 0 Å². The minimum absolute atomic E-state index is 0.289. The highest BCUT2D eigenvalue weighted by Gasteiger charge is 2.15. The Morgan fingerprint density at radius 3 is 2.58 bits per heavy atom. The molecule has 0 bridgehead atoms. The second kappa shape index (κ2) is 4.70. The minimum atomic E-state index is 0.289. The molecular weight excluding hydrogens is 238 g/mol. The van der Waals surface area contributed by atoms with Gasteiger partial charge in [0.25, 0.3) is 0 Å². The van der Waals surface area contributed by atoms with Crippen LogP contribution in [0.4, 0.5) is 0 Å². The molecule has 0 N–H and O–H groups in total. The molecule has 0 aliphatic heterocycles. The Bertz CT molecular complexity index is 726. The van der Waals surface area contributed by atoms with Crippen LogP contribution in [0, 0.1) is 11.3 Å². The molecule has 0 aliphatic rings. The Hall–Kier alpha value is -3.00. The molecule has 0 radical (unpaired) electrons. The predicted molar refractivity (Wildman–Crippen MR) is 69.3 cm³/mol. The standard InChI is InChI=1S/C14H9N5/c15-9-13-14(11-5-4-8-16-10-11)19(18-17-13)12-6-2-1-3-7-12/h1-8,10H. The van der Waals surface area contributed by atoms with E-state index in [1.807, 2.05) is 42.5 Å². The van der Waals surface area contributed by atoms with Gasteiger partial charge >= 0.3 is 0 Å². The van der Waals surface area contributed by atoms with Gasteiger partial charge in [0.1, 0.15) is 11.8 Å². The lowest BCUT2D eigenvalue weighted by molar-refractivity contribution is 0.806. The molecule has 5 nitrogen and oxygen atoms in total. The van der Waals surface area contributed by atoms with Gasteiger partial charge in [-0.15, -0.1) is 5.10 Å². The first-order chi connectivity index (χ1) is 9.40. The van der Waals surface area contributed by atoms with E-state index in [1.54, 1.807) is 17.1 Å². The summed E-state index contributed by atoms with van der Waals surface area (Å²) in [5.74, 6) is 0. The molecule has 0 saturated heterocycles. The molecule has 0 saturated carbocycles. The van der Waals surface area contributed by atoms with E-state index in [-0.39, 0.29) is 5.69 Å². The van der Waals surface area contributed by atoms with Crippen molar-refractivity contribution < 1.29 is 0 Å². The van der Waals surface area contributed by atoms with Gasteiger partial charge < -0.3 is 0 Å². The summed E-state index contributed by atoms with van der Waals surface area (Å²) >= 11 is 0. The lowest BCUT2D eigenvalue weighted by Crippen LogP contribution is -1.99. The highest BCUT2D eigenvalue weighted by Crippen LogP contribution is 2.23. The molecule has 2 aromatic heterocycles. The number of rotatable bonds is 2. The van der Waals surface area contributed by atoms with Gasteiger partial charge in [-0.1, -0.05) is 23.4 Å². The fourth-order valence-corrected chi connectivity index (χ4v) is 1.87. The monoisotopic (exact) mass is 247 g/mol. The number of benzene rings is 1. The van der Waals surface area contributed by atoms with Crippen LogP contribution < -0.4 is 0 Å². The number of para-hydroxylation sites is 1. The van der Waals surface area contributed by atoms with Crippen LogP contribution in [0.1, 0.15) is 5.69 Å². The maximum Gasteiger partial charge on any atom is 0.191 e. The van der Waals surface area contributed by atoms with Crippen molar-refractivity contribution in [3.63, 3.8) is 0 Å². The molecule has 0 aliphatic carbocycles. The van der Waals surface area contributed by atoms with Crippen molar-refractivity contribution in [3.8, 4) is 23.0 Å². The Labute approximate surface area is 109 Å². The average molecular weight is 247 g/mol. The smallest absolute Gasteiger partial charge is 0.191 e. The highest BCUT2D eigenvalue weighted by molar-refractivity contribution is 5.65. The third-order valence-electron chi connectivity index (χ3n) is 2.71. The maximum atomic E-state index is 9.15. The predicted octanol–water partition coefficient (Wildman–Crippen LogP) is 2.20. The van der Waals surface area contributed by atoms with E-state index in [4.69, 9.17) is 5.26 Å². The lowest BCUT2D eigenvalue weighted by atomic mass is 10.1. The van der Waals surface area contributed by atoms with Gasteiger partial charge in [0, 0.05) is 18.0 Å². The van der Waals surface area contributed by atoms with Crippen LogP contribution in [0.25, 0.3) is 16.9 Å². The van der Waals surface area contributed by atoms with Gasteiger partial charge in [-0.3, -0.25) is 4.98 Å². The quantitative estimate of drug-likeness (QED) is 0.696. The Kier molecular flexibility index (Phi) is 2.75. The normalized spacial score (nSPS) is 10.1. The highest BCUT2D eigenvalue weighted by atomic mass is 15.4. The molecule has 2 heterocycles. The average Bonchev–Trinajstić information content (AvgIpc) is 2.93. The Morgan fingerprint density at radius 2 is 1.89 bits per heavy atom. The summed E-state index contributed by atoms with van der Waals surface area (Å²) in [6.45, 7) is 0. The maximum absolute atomic E-state index is 9.15. The molecule has 0 amide bonds. The molecule has 0 unspecified atom stereocenters. The van der Waals surface area contributed by atoms with Gasteiger partial charge in [0.2, 0.25) is 0 Å². The van der Waals surface area contributed by atoms with Crippen LogP contribution in [0.3, 0.4) is 0 Å². The van der Waals surface area contributed by atoms with Crippen molar-refractivity contribution >= 4 is 0 Å². The molecule has 0 spiro atoms. The third-order valence-corrected chi connectivity index (χ3v) is 2.71. The van der Waals surface area contributed by atoms with Gasteiger partial charge in [0.05, 0.1) is 5.69 Å². The molecule has 3 rings (SSSR count). The molecule has 3 aromatic rings. The van der Waals surface area contributed by atoms with Crippen LogP contribution in [-0.4, -0.2) is 20.0 Å². The van der Waals surface area contributed by atoms with Crippen molar-refractivity contribution in [2.75, 3.05) is 0 Å². The summed E-state index contributed by atoms with van der Waals surface area (Å²) in [6.07, 6.45) is 3.38. The first kappa shape index (κ1) is 11.1. The van der Waals surface area contributed by atoms with Gasteiger partial charge in [-0.25, -0.2) is 4.68 Å². The van der Waals surface area contributed by atoms with Gasteiger partial charge in [0.15, 0.2) is 5.69 Å². The van der Waals surface area contributed by atoms with Crippen LogP contribution in [0.15, 0.2) is 54.9 Å². The topological polar surface area (TPSA) is 67.4 Å². The third kappa shape index (κ3) is 1.96.